The van der Waals surface area contributed by atoms with E-state index >= 15 is 0 Å². The van der Waals surface area contributed by atoms with Crippen molar-refractivity contribution < 1.29 is 17.7 Å². The molecular formula is C22H13F3N4O. The van der Waals surface area contributed by atoms with Gasteiger partial charge in [-0.1, -0.05) is 17.3 Å². The maximum absolute atomic E-state index is 13.9. The number of nitrogens with zero attached hydrogens (tertiary/aromatic N) is 4. The number of aromatic nitrogens is 4. The summed E-state index contributed by atoms with van der Waals surface area (Å²) in [4.78, 5) is 8.89. The molecule has 0 unspecified atom stereocenters. The van der Waals surface area contributed by atoms with E-state index in [1.807, 2.05) is 0 Å². The minimum Gasteiger partial charge on any atom is -0.359 e. The molecule has 8 heteroatoms. The first-order valence-corrected chi connectivity index (χ1v) is 9.06. The molecule has 0 spiro atoms. The van der Waals surface area contributed by atoms with Gasteiger partial charge in [0.2, 0.25) is 0 Å². The second kappa shape index (κ2) is 7.14. The molecule has 0 bridgehead atoms. The zero-order valence-electron chi connectivity index (χ0n) is 15.4. The largest absolute Gasteiger partial charge is 0.359 e. The van der Waals surface area contributed by atoms with Crippen LogP contribution >= 0.6 is 0 Å². The summed E-state index contributed by atoms with van der Waals surface area (Å²) >= 11 is 0. The molecule has 0 radical (unpaired) electrons. The van der Waals surface area contributed by atoms with E-state index in [0.29, 0.717) is 35.1 Å². The second-order valence-corrected chi connectivity index (χ2v) is 6.75. The molecule has 30 heavy (non-hydrogen) atoms. The van der Waals surface area contributed by atoms with Crippen LogP contribution in [-0.4, -0.2) is 19.7 Å². The van der Waals surface area contributed by atoms with Gasteiger partial charge in [0.15, 0.2) is 11.6 Å². The van der Waals surface area contributed by atoms with Crippen molar-refractivity contribution in [2.75, 3.05) is 0 Å². The third-order valence-electron chi connectivity index (χ3n) is 4.61. The normalized spacial score (nSPS) is 11.3. The van der Waals surface area contributed by atoms with Crippen LogP contribution in [0.15, 0.2) is 71.5 Å². The maximum atomic E-state index is 13.9. The monoisotopic (exact) mass is 406 g/mol. The highest BCUT2D eigenvalue weighted by Gasteiger charge is 2.15. The quantitative estimate of drug-likeness (QED) is 0.413. The summed E-state index contributed by atoms with van der Waals surface area (Å²) in [6.07, 6.45) is 3.56. The summed E-state index contributed by atoms with van der Waals surface area (Å²) in [6, 6.07) is 12.6. The minimum atomic E-state index is -0.581. The van der Waals surface area contributed by atoms with Gasteiger partial charge >= 0.3 is 0 Å². The maximum Gasteiger partial charge on any atom is 0.160 e. The zero-order valence-corrected chi connectivity index (χ0v) is 15.4. The third kappa shape index (κ3) is 3.43. The smallest absolute Gasteiger partial charge is 0.160 e. The average Bonchev–Trinajstić information content (AvgIpc) is 3.36. The number of benzene rings is 2. The molecule has 0 aliphatic carbocycles. The van der Waals surface area contributed by atoms with E-state index in [9.17, 15) is 13.2 Å². The Bertz CT molecular complexity index is 1330. The Labute approximate surface area is 168 Å². The van der Waals surface area contributed by atoms with Gasteiger partial charge in [-0.3, -0.25) is 0 Å². The van der Waals surface area contributed by atoms with Crippen LogP contribution in [0.2, 0.25) is 0 Å². The Morgan fingerprint density at radius 2 is 1.67 bits per heavy atom. The van der Waals surface area contributed by atoms with Crippen LogP contribution in [0.4, 0.5) is 13.2 Å². The molecule has 3 heterocycles. The predicted octanol–water partition coefficient (Wildman–Crippen LogP) is 5.17. The summed E-state index contributed by atoms with van der Waals surface area (Å²) in [5.74, 6) is -0.595. The van der Waals surface area contributed by atoms with E-state index in [1.165, 1.54) is 12.1 Å². The molecule has 0 fully saturated rings. The van der Waals surface area contributed by atoms with Gasteiger partial charge in [-0.15, -0.1) is 0 Å². The van der Waals surface area contributed by atoms with Crippen LogP contribution in [-0.2, 0) is 6.54 Å². The van der Waals surface area contributed by atoms with E-state index in [2.05, 4.69) is 15.1 Å². The van der Waals surface area contributed by atoms with Crippen molar-refractivity contribution in [3.05, 3.63) is 90.2 Å². The first-order chi connectivity index (χ1) is 14.5. The van der Waals surface area contributed by atoms with Gasteiger partial charge in [-0.25, -0.2) is 23.1 Å². The van der Waals surface area contributed by atoms with Crippen molar-refractivity contribution >= 4 is 0 Å². The fourth-order valence-corrected chi connectivity index (χ4v) is 3.20. The Balaban J connectivity index is 1.42. The predicted molar refractivity (Wildman–Crippen MR) is 103 cm³/mol. The third-order valence-corrected chi connectivity index (χ3v) is 4.61. The number of imidazole rings is 1. The Morgan fingerprint density at radius 3 is 2.53 bits per heavy atom. The van der Waals surface area contributed by atoms with Crippen LogP contribution in [0, 0.1) is 17.5 Å². The SMILES string of the molecule is Fc1cccc(-c2nc3ccn(Cc4cc(-c5cc(F)ccc5F)no4)cc-3n2)c1. The number of pyridine rings is 1. The van der Waals surface area contributed by atoms with Gasteiger partial charge in [0.1, 0.15) is 28.8 Å². The lowest BCUT2D eigenvalue weighted by atomic mass is 10.1. The van der Waals surface area contributed by atoms with Gasteiger partial charge in [0, 0.05) is 29.6 Å². The van der Waals surface area contributed by atoms with Gasteiger partial charge in [0.05, 0.1) is 12.2 Å². The molecule has 2 aliphatic rings. The van der Waals surface area contributed by atoms with Crippen molar-refractivity contribution in [1.29, 1.82) is 0 Å². The Morgan fingerprint density at radius 1 is 0.833 bits per heavy atom. The van der Waals surface area contributed by atoms with E-state index in [-0.39, 0.29) is 17.1 Å². The summed E-state index contributed by atoms with van der Waals surface area (Å²) in [5.41, 5.74) is 2.14. The molecule has 5 nitrogen and oxygen atoms in total. The zero-order chi connectivity index (χ0) is 20.7. The summed E-state index contributed by atoms with van der Waals surface area (Å²) in [5, 5.41) is 3.84. The minimum absolute atomic E-state index is 0.0343. The fourth-order valence-electron chi connectivity index (χ4n) is 3.20. The number of halogens is 3. The van der Waals surface area contributed by atoms with Crippen molar-refractivity contribution in [2.45, 2.75) is 6.54 Å². The molecule has 1 aromatic heterocycles. The first-order valence-electron chi connectivity index (χ1n) is 9.06. The molecule has 3 aromatic rings. The van der Waals surface area contributed by atoms with Crippen LogP contribution in [0.25, 0.3) is 34.0 Å². The van der Waals surface area contributed by atoms with Crippen molar-refractivity contribution in [3.8, 4) is 34.0 Å². The van der Waals surface area contributed by atoms with E-state index in [4.69, 9.17) is 4.52 Å². The highest BCUT2D eigenvalue weighted by molar-refractivity contribution is 5.65. The van der Waals surface area contributed by atoms with Crippen LogP contribution < -0.4 is 0 Å². The van der Waals surface area contributed by atoms with Crippen molar-refractivity contribution in [3.63, 3.8) is 0 Å². The van der Waals surface area contributed by atoms with E-state index in [1.54, 1.807) is 41.2 Å². The molecule has 5 rings (SSSR count). The molecule has 0 amide bonds. The lowest BCUT2D eigenvalue weighted by molar-refractivity contribution is 0.378. The topological polar surface area (TPSA) is 56.7 Å². The van der Waals surface area contributed by atoms with Crippen LogP contribution in [0.1, 0.15) is 5.76 Å². The fraction of sp³-hybridized carbons (Fsp3) is 0.0455. The molecule has 2 aromatic carbocycles. The van der Waals surface area contributed by atoms with Crippen molar-refractivity contribution in [1.82, 2.24) is 19.7 Å². The standard InChI is InChI=1S/C22H13F3N4O/c23-14-3-1-2-13(8-14)22-26-19-6-7-29(12-21(19)27-22)11-16-10-20(28-30-16)17-9-15(24)4-5-18(17)25/h1-10,12H,11H2. The molecule has 0 N–H and O–H groups in total. The summed E-state index contributed by atoms with van der Waals surface area (Å²) in [6.45, 7) is 0.308. The van der Waals surface area contributed by atoms with Gasteiger partial charge in [-0.05, 0) is 36.4 Å². The number of fused-ring (bicyclic) bond motifs is 1. The van der Waals surface area contributed by atoms with E-state index in [0.717, 1.165) is 18.2 Å². The molecule has 148 valence electrons. The number of rotatable bonds is 4. The Hall–Kier alpha value is -3.94. The van der Waals surface area contributed by atoms with Gasteiger partial charge < -0.3 is 9.09 Å². The number of hydrogen-bond donors (Lipinski definition) is 0. The van der Waals surface area contributed by atoms with Gasteiger partial charge in [-0.2, -0.15) is 0 Å². The Kier molecular flexibility index (Phi) is 4.31. The number of hydrogen-bond acceptors (Lipinski definition) is 4. The lowest BCUT2D eigenvalue weighted by Crippen LogP contribution is -1.99. The lowest BCUT2D eigenvalue weighted by Gasteiger charge is -2.04. The average molecular weight is 406 g/mol. The molecule has 0 saturated carbocycles. The summed E-state index contributed by atoms with van der Waals surface area (Å²) < 4.78 is 47.9. The molecular weight excluding hydrogens is 393 g/mol. The summed E-state index contributed by atoms with van der Waals surface area (Å²) in [7, 11) is 0. The first kappa shape index (κ1) is 18.1. The van der Waals surface area contributed by atoms with Crippen LogP contribution in [0.3, 0.4) is 0 Å². The molecule has 0 atom stereocenters. The van der Waals surface area contributed by atoms with E-state index < -0.39 is 11.6 Å². The molecule has 2 aliphatic heterocycles. The highest BCUT2D eigenvalue weighted by atomic mass is 19.1. The van der Waals surface area contributed by atoms with Crippen LogP contribution in [0.5, 0.6) is 0 Å². The van der Waals surface area contributed by atoms with Gasteiger partial charge in [0.25, 0.3) is 0 Å². The van der Waals surface area contributed by atoms with Crippen molar-refractivity contribution in [2.24, 2.45) is 0 Å². The second-order valence-electron chi connectivity index (χ2n) is 6.75. The highest BCUT2D eigenvalue weighted by Crippen LogP contribution is 2.26. The molecule has 0 saturated heterocycles.